The molecule has 0 saturated carbocycles. The van der Waals surface area contributed by atoms with Gasteiger partial charge in [0.1, 0.15) is 0 Å². The molecular formula is C12H14Cl2F3N3O5S. The van der Waals surface area contributed by atoms with E-state index in [4.69, 9.17) is 17.3 Å². The van der Waals surface area contributed by atoms with Crippen LogP contribution in [0, 0.1) is 0 Å². The van der Waals surface area contributed by atoms with E-state index in [0.717, 1.165) is 18.2 Å². The van der Waals surface area contributed by atoms with Crippen LogP contribution in [-0.4, -0.2) is 43.7 Å². The Morgan fingerprint density at radius 3 is 2.27 bits per heavy atom. The van der Waals surface area contributed by atoms with Gasteiger partial charge in [0.15, 0.2) is 0 Å². The standard InChI is InChI=1S/C12H13ClF3N3O5S.ClH/c1-11(22,12(14,15)16)10(21)18-8-3-2-6(4-7(8)13)25(23,24)19-9(20)5-17;/h2-4,22H,5,17H2,1H3,(H,18,21)(H,19,20);1H/t11-;/m1./s1. The predicted molar refractivity (Wildman–Crippen MR) is 88.4 cm³/mol. The summed E-state index contributed by atoms with van der Waals surface area (Å²) in [5.74, 6) is -2.80. The lowest BCUT2D eigenvalue weighted by Gasteiger charge is -2.25. The third-order valence-corrected chi connectivity index (χ3v) is 4.61. The Kier molecular flexibility index (Phi) is 7.88. The fourth-order valence-corrected chi connectivity index (χ4v) is 2.70. The number of amides is 2. The van der Waals surface area contributed by atoms with Crippen LogP contribution in [0.5, 0.6) is 0 Å². The Balaban J connectivity index is 0.00000625. The molecule has 0 spiro atoms. The number of benzene rings is 1. The minimum absolute atomic E-state index is 0. The molecule has 1 aromatic rings. The molecule has 5 N–H and O–H groups in total. The molecule has 0 aliphatic carbocycles. The molecule has 0 radical (unpaired) electrons. The number of rotatable bonds is 5. The Labute approximate surface area is 157 Å². The number of aliphatic hydroxyl groups is 1. The number of alkyl halides is 3. The van der Waals surface area contributed by atoms with Crippen LogP contribution in [0.3, 0.4) is 0 Å². The second-order valence-electron chi connectivity index (χ2n) is 4.90. The lowest BCUT2D eigenvalue weighted by atomic mass is 10.1. The van der Waals surface area contributed by atoms with Gasteiger partial charge in [-0.25, -0.2) is 13.1 Å². The Morgan fingerprint density at radius 1 is 1.31 bits per heavy atom. The first-order chi connectivity index (χ1) is 11.2. The highest BCUT2D eigenvalue weighted by molar-refractivity contribution is 7.90. The third-order valence-electron chi connectivity index (χ3n) is 2.93. The number of nitrogens with two attached hydrogens (primary N) is 1. The van der Waals surface area contributed by atoms with E-state index in [-0.39, 0.29) is 25.0 Å². The first kappa shape index (κ1) is 24.4. The largest absolute Gasteiger partial charge is 0.426 e. The number of anilines is 1. The van der Waals surface area contributed by atoms with Crippen LogP contribution in [-0.2, 0) is 19.6 Å². The number of sulfonamides is 1. The molecule has 0 aromatic heterocycles. The van der Waals surface area contributed by atoms with Gasteiger partial charge in [-0.15, -0.1) is 12.4 Å². The van der Waals surface area contributed by atoms with E-state index in [1.807, 2.05) is 0 Å². The van der Waals surface area contributed by atoms with Gasteiger partial charge < -0.3 is 16.2 Å². The zero-order valence-electron chi connectivity index (χ0n) is 12.9. The highest BCUT2D eigenvalue weighted by atomic mass is 35.5. The highest BCUT2D eigenvalue weighted by Gasteiger charge is 2.55. The zero-order valence-corrected chi connectivity index (χ0v) is 15.3. The van der Waals surface area contributed by atoms with Crippen LogP contribution in [0.4, 0.5) is 18.9 Å². The van der Waals surface area contributed by atoms with Crippen molar-refractivity contribution in [1.82, 2.24) is 4.72 Å². The number of hydrogen-bond donors (Lipinski definition) is 4. The van der Waals surface area contributed by atoms with E-state index in [0.29, 0.717) is 0 Å². The highest BCUT2D eigenvalue weighted by Crippen LogP contribution is 2.32. The SMILES string of the molecule is C[C@@](O)(C(=O)Nc1ccc(S(=O)(=O)NC(=O)CN)cc1Cl)C(F)(F)F.Cl. The van der Waals surface area contributed by atoms with Gasteiger partial charge in [0, 0.05) is 0 Å². The normalized spacial score (nSPS) is 14.0. The van der Waals surface area contributed by atoms with Crippen molar-refractivity contribution in [3.63, 3.8) is 0 Å². The second-order valence-corrected chi connectivity index (χ2v) is 6.99. The van der Waals surface area contributed by atoms with E-state index in [1.54, 1.807) is 10.0 Å². The lowest BCUT2D eigenvalue weighted by molar-refractivity contribution is -0.242. The molecule has 0 aliphatic heterocycles. The summed E-state index contributed by atoms with van der Waals surface area (Å²) in [6.07, 6.45) is -5.24. The van der Waals surface area contributed by atoms with Crippen LogP contribution < -0.4 is 15.8 Å². The summed E-state index contributed by atoms with van der Waals surface area (Å²) in [6.45, 7) is -0.342. The number of halogens is 5. The molecule has 26 heavy (non-hydrogen) atoms. The number of carbonyl (C=O) groups excluding carboxylic acids is 2. The molecule has 0 aliphatic rings. The van der Waals surface area contributed by atoms with Crippen LogP contribution in [0.15, 0.2) is 23.1 Å². The van der Waals surface area contributed by atoms with Gasteiger partial charge in [0.2, 0.25) is 11.5 Å². The van der Waals surface area contributed by atoms with Gasteiger partial charge in [-0.2, -0.15) is 13.2 Å². The van der Waals surface area contributed by atoms with Gasteiger partial charge in [-0.3, -0.25) is 9.59 Å². The minimum Gasteiger partial charge on any atom is -0.373 e. The topological polar surface area (TPSA) is 139 Å². The van der Waals surface area contributed by atoms with Crippen molar-refractivity contribution < 1.29 is 36.3 Å². The monoisotopic (exact) mass is 439 g/mol. The fourth-order valence-electron chi connectivity index (χ4n) is 1.39. The van der Waals surface area contributed by atoms with Gasteiger partial charge in [0.05, 0.1) is 22.2 Å². The quantitative estimate of drug-likeness (QED) is 0.534. The van der Waals surface area contributed by atoms with E-state index in [9.17, 15) is 36.3 Å². The Hall–Kier alpha value is -1.60. The van der Waals surface area contributed by atoms with Crippen molar-refractivity contribution in [3.05, 3.63) is 23.2 Å². The third kappa shape index (κ3) is 5.45. The average molecular weight is 440 g/mol. The average Bonchev–Trinajstić information content (AvgIpc) is 2.47. The van der Waals surface area contributed by atoms with Crippen LogP contribution in [0.1, 0.15) is 6.92 Å². The Morgan fingerprint density at radius 2 is 1.85 bits per heavy atom. The molecule has 1 atom stereocenters. The summed E-state index contributed by atoms with van der Waals surface area (Å²) >= 11 is 5.73. The molecule has 0 heterocycles. The smallest absolute Gasteiger partial charge is 0.373 e. The first-order valence-corrected chi connectivity index (χ1v) is 8.24. The number of nitrogens with one attached hydrogen (secondary N) is 2. The van der Waals surface area contributed by atoms with Gasteiger partial charge in [-0.05, 0) is 25.1 Å². The summed E-state index contributed by atoms with van der Waals surface area (Å²) in [7, 11) is -4.30. The van der Waals surface area contributed by atoms with Crippen molar-refractivity contribution in [3.8, 4) is 0 Å². The van der Waals surface area contributed by atoms with E-state index >= 15 is 0 Å². The van der Waals surface area contributed by atoms with Crippen LogP contribution in [0.25, 0.3) is 0 Å². The molecule has 0 bridgehead atoms. The fraction of sp³-hybridized carbons (Fsp3) is 0.333. The molecular weight excluding hydrogens is 426 g/mol. The lowest BCUT2D eigenvalue weighted by Crippen LogP contribution is -2.52. The molecule has 14 heteroatoms. The zero-order chi connectivity index (χ0) is 19.6. The maximum absolute atomic E-state index is 12.6. The molecule has 1 rings (SSSR count). The second kappa shape index (κ2) is 8.39. The molecule has 148 valence electrons. The summed E-state index contributed by atoms with van der Waals surface area (Å²) in [5, 5.41) is 10.6. The van der Waals surface area contributed by atoms with Crippen molar-refractivity contribution >= 4 is 51.5 Å². The molecule has 8 nitrogen and oxygen atoms in total. The number of hydrogen-bond acceptors (Lipinski definition) is 6. The predicted octanol–water partition coefficient (Wildman–Crippen LogP) is 0.777. The van der Waals surface area contributed by atoms with Crippen molar-refractivity contribution in [2.45, 2.75) is 23.6 Å². The summed E-state index contributed by atoms with van der Waals surface area (Å²) < 4.78 is 63.1. The van der Waals surface area contributed by atoms with Gasteiger partial charge >= 0.3 is 6.18 Å². The molecule has 0 unspecified atom stereocenters. The number of carbonyl (C=O) groups is 2. The van der Waals surface area contributed by atoms with E-state index in [2.05, 4.69) is 0 Å². The summed E-state index contributed by atoms with van der Waals surface area (Å²) in [5.41, 5.74) is 0.917. The van der Waals surface area contributed by atoms with Crippen molar-refractivity contribution in [2.75, 3.05) is 11.9 Å². The van der Waals surface area contributed by atoms with E-state index < -0.39 is 50.1 Å². The van der Waals surface area contributed by atoms with Gasteiger partial charge in [-0.1, -0.05) is 11.6 Å². The maximum Gasteiger partial charge on any atom is 0.426 e. The molecule has 1 aromatic carbocycles. The van der Waals surface area contributed by atoms with Crippen molar-refractivity contribution in [1.29, 1.82) is 0 Å². The van der Waals surface area contributed by atoms with Crippen LogP contribution >= 0.6 is 24.0 Å². The summed E-state index contributed by atoms with van der Waals surface area (Å²) in [4.78, 5) is 22.1. The molecule has 2 amide bonds. The van der Waals surface area contributed by atoms with Crippen LogP contribution in [0.2, 0.25) is 5.02 Å². The maximum atomic E-state index is 12.6. The van der Waals surface area contributed by atoms with Crippen molar-refractivity contribution in [2.24, 2.45) is 5.73 Å². The molecule has 0 saturated heterocycles. The minimum atomic E-state index is -5.24. The first-order valence-electron chi connectivity index (χ1n) is 6.38. The Bertz CT molecular complexity index is 800. The van der Waals surface area contributed by atoms with Gasteiger partial charge in [0.25, 0.3) is 15.9 Å². The molecule has 0 fully saturated rings. The van der Waals surface area contributed by atoms with E-state index in [1.165, 1.54) is 0 Å². The summed E-state index contributed by atoms with van der Waals surface area (Å²) in [6, 6.07) is 2.58.